The summed E-state index contributed by atoms with van der Waals surface area (Å²) in [7, 11) is 0. The smallest absolute Gasteiger partial charge is 0.410 e. The first-order valence-electron chi connectivity index (χ1n) is 8.98. The van der Waals surface area contributed by atoms with Crippen molar-refractivity contribution in [2.75, 3.05) is 6.54 Å². The van der Waals surface area contributed by atoms with E-state index in [1.165, 1.54) is 0 Å². The van der Waals surface area contributed by atoms with Crippen LogP contribution < -0.4 is 10.6 Å². The number of hydrogen-bond acceptors (Lipinski definition) is 5. The van der Waals surface area contributed by atoms with E-state index < -0.39 is 35.3 Å². The second kappa shape index (κ2) is 7.66. The Bertz CT molecular complexity index is 659. The molecule has 0 spiro atoms. The minimum atomic E-state index is -0.805. The number of carbonyl (C=O) groups is 2. The van der Waals surface area contributed by atoms with Gasteiger partial charge in [0.05, 0.1) is 0 Å². The highest BCUT2D eigenvalue weighted by molar-refractivity contribution is 5.79. The maximum absolute atomic E-state index is 12.8. The minimum absolute atomic E-state index is 0.409. The van der Waals surface area contributed by atoms with Crippen LogP contribution in [0.2, 0.25) is 0 Å². The summed E-state index contributed by atoms with van der Waals surface area (Å²) >= 11 is 0. The zero-order valence-electron chi connectivity index (χ0n) is 16.5. The lowest BCUT2D eigenvalue weighted by Gasteiger charge is -2.34. The van der Waals surface area contributed by atoms with Crippen molar-refractivity contribution >= 4 is 12.1 Å². The molecule has 6 nitrogen and oxygen atoms in total. The molecule has 0 saturated heterocycles. The van der Waals surface area contributed by atoms with Crippen LogP contribution in [0.5, 0.6) is 0 Å². The van der Waals surface area contributed by atoms with Gasteiger partial charge in [0.1, 0.15) is 11.6 Å². The predicted molar refractivity (Wildman–Crippen MR) is 99.6 cm³/mol. The Morgan fingerprint density at radius 1 is 1.15 bits per heavy atom. The lowest BCUT2D eigenvalue weighted by atomic mass is 9.93. The first kappa shape index (κ1) is 20.2. The molecule has 0 radical (unpaired) electrons. The van der Waals surface area contributed by atoms with Crippen molar-refractivity contribution < 1.29 is 19.1 Å². The second-order valence-corrected chi connectivity index (χ2v) is 8.67. The number of benzene rings is 1. The van der Waals surface area contributed by atoms with Crippen LogP contribution in [0.15, 0.2) is 24.3 Å². The number of amides is 1. The Balaban J connectivity index is 2.12. The molecule has 0 saturated carbocycles. The molecule has 2 rings (SSSR count). The van der Waals surface area contributed by atoms with Gasteiger partial charge >= 0.3 is 12.1 Å². The lowest BCUT2D eigenvalue weighted by Crippen LogP contribution is -2.50. The predicted octanol–water partition coefficient (Wildman–Crippen LogP) is 3.31. The molecule has 6 heteroatoms. The molecule has 1 amide bonds. The van der Waals surface area contributed by atoms with Crippen LogP contribution in [0.25, 0.3) is 0 Å². The Morgan fingerprint density at radius 3 is 2.42 bits per heavy atom. The van der Waals surface area contributed by atoms with Crippen molar-refractivity contribution in [3.63, 3.8) is 0 Å². The van der Waals surface area contributed by atoms with Gasteiger partial charge in [0.2, 0.25) is 0 Å². The van der Waals surface area contributed by atoms with Gasteiger partial charge in [-0.15, -0.1) is 0 Å². The van der Waals surface area contributed by atoms with Crippen LogP contribution in [0.1, 0.15) is 58.7 Å². The van der Waals surface area contributed by atoms with E-state index in [0.717, 1.165) is 17.5 Å². The van der Waals surface area contributed by atoms with Crippen molar-refractivity contribution in [3.8, 4) is 0 Å². The van der Waals surface area contributed by atoms with Crippen LogP contribution >= 0.6 is 0 Å². The van der Waals surface area contributed by atoms with Crippen molar-refractivity contribution in [1.29, 1.82) is 0 Å². The van der Waals surface area contributed by atoms with Crippen LogP contribution in [-0.2, 0) is 20.7 Å². The van der Waals surface area contributed by atoms with Crippen LogP contribution in [0, 0.1) is 5.41 Å². The van der Waals surface area contributed by atoms with E-state index in [9.17, 15) is 9.59 Å². The zero-order chi connectivity index (χ0) is 19.5. The molecule has 0 fully saturated rings. The molecule has 2 unspecified atom stereocenters. The molecule has 0 aliphatic carbocycles. The van der Waals surface area contributed by atoms with Gasteiger partial charge in [-0.25, -0.2) is 9.59 Å². The highest BCUT2D eigenvalue weighted by Gasteiger charge is 2.35. The number of ether oxygens (including phenoxy) is 2. The van der Waals surface area contributed by atoms with E-state index in [-0.39, 0.29) is 0 Å². The standard InChI is InChI=1S/C20H30N2O4/c1-19(2,3)17(22-18(24)26-20(4,5)6)25-16(23)15-14-10-8-7-9-13(14)11-12-21-15/h7-10,15,17,21H,11-12H2,1-6H3,(H,22,24). The molecular formula is C20H30N2O4. The maximum atomic E-state index is 12.8. The molecule has 1 aliphatic heterocycles. The van der Waals surface area contributed by atoms with Gasteiger partial charge in [0.15, 0.2) is 6.23 Å². The fourth-order valence-electron chi connectivity index (χ4n) is 2.74. The lowest BCUT2D eigenvalue weighted by molar-refractivity contribution is -0.159. The summed E-state index contributed by atoms with van der Waals surface area (Å²) in [5.41, 5.74) is 0.954. The van der Waals surface area contributed by atoms with E-state index in [2.05, 4.69) is 10.6 Å². The fourth-order valence-corrected chi connectivity index (χ4v) is 2.74. The summed E-state index contributed by atoms with van der Waals surface area (Å²) in [4.78, 5) is 24.9. The highest BCUT2D eigenvalue weighted by Crippen LogP contribution is 2.27. The van der Waals surface area contributed by atoms with Crippen molar-refractivity contribution in [1.82, 2.24) is 10.6 Å². The quantitative estimate of drug-likeness (QED) is 0.637. The summed E-state index contributed by atoms with van der Waals surface area (Å²) < 4.78 is 11.0. The molecule has 2 N–H and O–H groups in total. The summed E-state index contributed by atoms with van der Waals surface area (Å²) in [6.07, 6.45) is -0.540. The van der Waals surface area contributed by atoms with E-state index in [0.29, 0.717) is 6.54 Å². The number of fused-ring (bicyclic) bond motifs is 1. The van der Waals surface area contributed by atoms with Gasteiger partial charge in [-0.3, -0.25) is 5.32 Å². The highest BCUT2D eigenvalue weighted by atomic mass is 16.6. The zero-order valence-corrected chi connectivity index (χ0v) is 16.5. The molecule has 1 heterocycles. The summed E-state index contributed by atoms with van der Waals surface area (Å²) in [6, 6.07) is 7.29. The van der Waals surface area contributed by atoms with E-state index in [4.69, 9.17) is 9.47 Å². The molecule has 2 atom stereocenters. The van der Waals surface area contributed by atoms with E-state index in [1.54, 1.807) is 20.8 Å². The number of nitrogens with one attached hydrogen (secondary N) is 2. The van der Waals surface area contributed by atoms with Crippen LogP contribution in [0.3, 0.4) is 0 Å². The third kappa shape index (κ3) is 5.46. The number of esters is 1. The van der Waals surface area contributed by atoms with E-state index >= 15 is 0 Å². The van der Waals surface area contributed by atoms with E-state index in [1.807, 2.05) is 45.0 Å². The maximum Gasteiger partial charge on any atom is 0.410 e. The average molecular weight is 362 g/mol. The summed E-state index contributed by atoms with van der Waals surface area (Å²) in [5, 5.41) is 5.88. The molecule has 1 aliphatic rings. The summed E-state index contributed by atoms with van der Waals surface area (Å²) in [6.45, 7) is 11.7. The van der Waals surface area contributed by atoms with Crippen molar-refractivity contribution in [2.45, 2.75) is 65.8 Å². The second-order valence-electron chi connectivity index (χ2n) is 8.67. The molecule has 0 bridgehead atoms. The Kier molecular flexibility index (Phi) is 5.96. The molecule has 0 aromatic heterocycles. The first-order chi connectivity index (χ1) is 12.0. The average Bonchev–Trinajstić information content (AvgIpc) is 2.51. The molecule has 144 valence electrons. The third-order valence-electron chi connectivity index (χ3n) is 4.01. The molecular weight excluding hydrogens is 332 g/mol. The van der Waals surface area contributed by atoms with Gasteiger partial charge in [0.25, 0.3) is 0 Å². The van der Waals surface area contributed by atoms with Gasteiger partial charge in [-0.2, -0.15) is 0 Å². The Labute approximate surface area is 155 Å². The van der Waals surface area contributed by atoms with Gasteiger partial charge in [-0.1, -0.05) is 45.0 Å². The minimum Gasteiger partial charge on any atom is -0.444 e. The number of alkyl carbamates (subject to hydrolysis) is 1. The monoisotopic (exact) mass is 362 g/mol. The first-order valence-corrected chi connectivity index (χ1v) is 8.98. The topological polar surface area (TPSA) is 76.7 Å². The molecule has 26 heavy (non-hydrogen) atoms. The third-order valence-corrected chi connectivity index (χ3v) is 4.01. The largest absolute Gasteiger partial charge is 0.444 e. The van der Waals surface area contributed by atoms with Gasteiger partial charge in [0, 0.05) is 12.0 Å². The SMILES string of the molecule is CC(C)(C)OC(=O)NC(OC(=O)C1NCCc2ccccc21)C(C)(C)C. The molecule has 1 aromatic rings. The normalized spacial score (nSPS) is 18.5. The Morgan fingerprint density at radius 2 is 1.81 bits per heavy atom. The number of carbonyl (C=O) groups excluding carboxylic acids is 2. The number of hydrogen-bond donors (Lipinski definition) is 2. The Hall–Kier alpha value is -2.08. The fraction of sp³-hybridized carbons (Fsp3) is 0.600. The summed E-state index contributed by atoms with van der Waals surface area (Å²) in [5.74, 6) is -0.409. The van der Waals surface area contributed by atoms with Crippen LogP contribution in [-0.4, -0.2) is 30.4 Å². The van der Waals surface area contributed by atoms with Crippen LogP contribution in [0.4, 0.5) is 4.79 Å². The van der Waals surface area contributed by atoms with Gasteiger partial charge in [-0.05, 0) is 38.3 Å². The number of rotatable bonds is 3. The van der Waals surface area contributed by atoms with Crippen molar-refractivity contribution in [2.24, 2.45) is 5.41 Å². The van der Waals surface area contributed by atoms with Crippen molar-refractivity contribution in [3.05, 3.63) is 35.4 Å². The molecule has 1 aromatic carbocycles. The van der Waals surface area contributed by atoms with Gasteiger partial charge < -0.3 is 14.8 Å².